The summed E-state index contributed by atoms with van der Waals surface area (Å²) in [5.74, 6) is -0.536. The highest BCUT2D eigenvalue weighted by Crippen LogP contribution is 2.39. The molecule has 0 spiro atoms. The van der Waals surface area contributed by atoms with Gasteiger partial charge in [-0.1, -0.05) is 11.6 Å². The number of urea groups is 1. The van der Waals surface area contributed by atoms with Gasteiger partial charge in [-0.05, 0) is 18.6 Å². The molecule has 9 nitrogen and oxygen atoms in total. The third kappa shape index (κ3) is 2.72. The van der Waals surface area contributed by atoms with Crippen molar-refractivity contribution in [2.45, 2.75) is 12.5 Å². The first-order chi connectivity index (χ1) is 12.0. The van der Waals surface area contributed by atoms with E-state index in [9.17, 15) is 14.7 Å². The number of nitrogens with one attached hydrogen (secondary N) is 1. The van der Waals surface area contributed by atoms with E-state index in [1.807, 2.05) is 0 Å². The summed E-state index contributed by atoms with van der Waals surface area (Å²) in [6, 6.07) is 4.06. The molecule has 4 rings (SSSR count). The van der Waals surface area contributed by atoms with Crippen molar-refractivity contribution in [3.8, 4) is 0 Å². The molecule has 0 saturated carbocycles. The maximum atomic E-state index is 12.8. The van der Waals surface area contributed by atoms with Crippen LogP contribution >= 0.6 is 11.6 Å². The molecule has 0 unspecified atom stereocenters. The fourth-order valence-electron chi connectivity index (χ4n) is 3.16. The van der Waals surface area contributed by atoms with Gasteiger partial charge >= 0.3 is 12.0 Å². The Morgan fingerprint density at radius 3 is 2.92 bits per heavy atom. The molecule has 1 atom stereocenters. The van der Waals surface area contributed by atoms with Gasteiger partial charge in [0.05, 0.1) is 11.7 Å². The van der Waals surface area contributed by atoms with Crippen molar-refractivity contribution < 1.29 is 14.7 Å². The smallest absolute Gasteiger partial charge is 0.354 e. The minimum Gasteiger partial charge on any atom is -0.477 e. The van der Waals surface area contributed by atoms with Crippen molar-refractivity contribution in [2.24, 2.45) is 0 Å². The Kier molecular flexibility index (Phi) is 3.65. The SMILES string of the molecule is O=C(O)c1ccc2c(n1)N(C(=O)Nc1cc(Cl)ncn1)[C@H]1CCN2C1. The molecule has 2 amide bonds. The van der Waals surface area contributed by atoms with Crippen LogP contribution in [0, 0.1) is 0 Å². The van der Waals surface area contributed by atoms with Gasteiger partial charge in [-0.2, -0.15) is 0 Å². The Morgan fingerprint density at radius 1 is 1.32 bits per heavy atom. The highest BCUT2D eigenvalue weighted by atomic mass is 35.5. The van der Waals surface area contributed by atoms with E-state index in [1.165, 1.54) is 23.4 Å². The number of hydrogen-bond donors (Lipinski definition) is 2. The van der Waals surface area contributed by atoms with Crippen molar-refractivity contribution in [1.82, 2.24) is 15.0 Å². The number of carbonyl (C=O) groups excluding carboxylic acids is 1. The Labute approximate surface area is 147 Å². The number of anilines is 3. The molecule has 2 aromatic heterocycles. The topological polar surface area (TPSA) is 112 Å². The van der Waals surface area contributed by atoms with Crippen molar-refractivity contribution in [1.29, 1.82) is 0 Å². The number of aromatic carboxylic acids is 1. The van der Waals surface area contributed by atoms with Crippen LogP contribution in [0.25, 0.3) is 0 Å². The van der Waals surface area contributed by atoms with Crippen LogP contribution in [0.4, 0.5) is 22.1 Å². The second-order valence-electron chi connectivity index (χ2n) is 5.76. The fraction of sp³-hybridized carbons (Fsp3) is 0.267. The monoisotopic (exact) mass is 360 g/mol. The second kappa shape index (κ2) is 5.85. The van der Waals surface area contributed by atoms with E-state index in [0.29, 0.717) is 12.4 Å². The Balaban J connectivity index is 1.71. The maximum Gasteiger partial charge on any atom is 0.354 e. The largest absolute Gasteiger partial charge is 0.477 e. The van der Waals surface area contributed by atoms with Gasteiger partial charge < -0.3 is 10.0 Å². The predicted molar refractivity (Wildman–Crippen MR) is 90.4 cm³/mol. The molecule has 25 heavy (non-hydrogen) atoms. The van der Waals surface area contributed by atoms with E-state index in [2.05, 4.69) is 25.2 Å². The molecule has 2 aliphatic rings. The number of nitrogens with zero attached hydrogens (tertiary/aromatic N) is 5. The number of carboxylic acids is 1. The van der Waals surface area contributed by atoms with Gasteiger partial charge in [0.25, 0.3) is 0 Å². The van der Waals surface area contributed by atoms with Crippen LogP contribution < -0.4 is 15.1 Å². The average molecular weight is 361 g/mol. The van der Waals surface area contributed by atoms with E-state index < -0.39 is 12.0 Å². The average Bonchev–Trinajstić information content (AvgIpc) is 2.99. The lowest BCUT2D eigenvalue weighted by molar-refractivity contribution is 0.0690. The molecule has 1 fully saturated rings. The molecule has 4 heterocycles. The van der Waals surface area contributed by atoms with E-state index in [-0.39, 0.29) is 22.7 Å². The van der Waals surface area contributed by atoms with Gasteiger partial charge in [-0.3, -0.25) is 10.2 Å². The molecule has 2 bridgehead atoms. The number of carboxylic acid groups (broad SMARTS) is 1. The van der Waals surface area contributed by atoms with Crippen LogP contribution in [0.15, 0.2) is 24.5 Å². The lowest BCUT2D eigenvalue weighted by atomic mass is 10.2. The normalized spacial score (nSPS) is 18.0. The quantitative estimate of drug-likeness (QED) is 0.786. The van der Waals surface area contributed by atoms with Gasteiger partial charge in [0.2, 0.25) is 0 Å². The summed E-state index contributed by atoms with van der Waals surface area (Å²) in [4.78, 5) is 39.6. The molecule has 2 aromatic rings. The van der Waals surface area contributed by atoms with Crippen LogP contribution in [-0.4, -0.2) is 51.2 Å². The van der Waals surface area contributed by atoms with Crippen molar-refractivity contribution >= 4 is 40.9 Å². The molecule has 2 aliphatic heterocycles. The molecule has 10 heteroatoms. The molecule has 2 N–H and O–H groups in total. The summed E-state index contributed by atoms with van der Waals surface area (Å²) in [5.41, 5.74) is 0.638. The van der Waals surface area contributed by atoms with Gasteiger partial charge in [-0.25, -0.2) is 24.5 Å². The number of hydrogen-bond acceptors (Lipinski definition) is 6. The van der Waals surface area contributed by atoms with Crippen LogP contribution in [0.3, 0.4) is 0 Å². The van der Waals surface area contributed by atoms with Crippen LogP contribution in [0.2, 0.25) is 5.15 Å². The predicted octanol–water partition coefficient (Wildman–Crippen LogP) is 1.85. The van der Waals surface area contributed by atoms with Crippen LogP contribution in [0.1, 0.15) is 16.9 Å². The minimum atomic E-state index is -1.14. The van der Waals surface area contributed by atoms with Gasteiger partial charge in [0, 0.05) is 19.2 Å². The summed E-state index contributed by atoms with van der Waals surface area (Å²) in [7, 11) is 0. The van der Waals surface area contributed by atoms with Gasteiger partial charge in [-0.15, -0.1) is 0 Å². The third-order valence-electron chi connectivity index (χ3n) is 4.26. The number of aromatic nitrogens is 3. The summed E-state index contributed by atoms with van der Waals surface area (Å²) in [6.07, 6.45) is 2.02. The molecule has 128 valence electrons. The first-order valence-corrected chi connectivity index (χ1v) is 7.98. The molecular formula is C15H13ClN6O3. The number of amides is 2. The van der Waals surface area contributed by atoms with E-state index in [1.54, 1.807) is 6.07 Å². The second-order valence-corrected chi connectivity index (χ2v) is 6.15. The Bertz CT molecular complexity index is 876. The Hall–Kier alpha value is -2.94. The number of fused-ring (bicyclic) bond motifs is 4. The Morgan fingerprint density at radius 2 is 2.16 bits per heavy atom. The lowest BCUT2D eigenvalue weighted by Crippen LogP contribution is -2.48. The lowest BCUT2D eigenvalue weighted by Gasteiger charge is -2.35. The third-order valence-corrected chi connectivity index (χ3v) is 4.47. The fourth-order valence-corrected chi connectivity index (χ4v) is 3.31. The van der Waals surface area contributed by atoms with Crippen LogP contribution in [0.5, 0.6) is 0 Å². The maximum absolute atomic E-state index is 12.8. The van der Waals surface area contributed by atoms with Gasteiger partial charge in [0.15, 0.2) is 11.5 Å². The highest BCUT2D eigenvalue weighted by Gasteiger charge is 2.40. The number of pyridine rings is 1. The van der Waals surface area contributed by atoms with Crippen molar-refractivity contribution in [3.63, 3.8) is 0 Å². The van der Waals surface area contributed by atoms with Crippen molar-refractivity contribution in [2.75, 3.05) is 28.2 Å². The van der Waals surface area contributed by atoms with Crippen molar-refractivity contribution in [3.05, 3.63) is 35.4 Å². The number of halogens is 1. The zero-order valence-corrected chi connectivity index (χ0v) is 13.6. The molecule has 0 aliphatic carbocycles. The first-order valence-electron chi connectivity index (χ1n) is 7.60. The van der Waals surface area contributed by atoms with Gasteiger partial charge in [0.1, 0.15) is 17.3 Å². The number of rotatable bonds is 2. The molecule has 1 saturated heterocycles. The summed E-state index contributed by atoms with van der Waals surface area (Å²) < 4.78 is 0. The number of carbonyl (C=O) groups is 2. The van der Waals surface area contributed by atoms with E-state index in [0.717, 1.165) is 18.7 Å². The molecule has 0 radical (unpaired) electrons. The first kappa shape index (κ1) is 15.6. The zero-order valence-electron chi connectivity index (χ0n) is 12.9. The molecule has 0 aromatic carbocycles. The summed E-state index contributed by atoms with van der Waals surface area (Å²) in [6.45, 7) is 1.47. The summed E-state index contributed by atoms with van der Waals surface area (Å²) >= 11 is 5.81. The molecular weight excluding hydrogens is 348 g/mol. The minimum absolute atomic E-state index is 0.0821. The zero-order chi connectivity index (χ0) is 17.6. The summed E-state index contributed by atoms with van der Waals surface area (Å²) in [5, 5.41) is 12.1. The van der Waals surface area contributed by atoms with E-state index >= 15 is 0 Å². The van der Waals surface area contributed by atoms with E-state index in [4.69, 9.17) is 11.6 Å². The van der Waals surface area contributed by atoms with Crippen LogP contribution in [-0.2, 0) is 0 Å². The highest BCUT2D eigenvalue weighted by molar-refractivity contribution is 6.29. The standard InChI is InChI=1S/C15H13ClN6O3/c16-11-5-12(18-7-17-11)20-15(25)22-8-3-4-21(6-8)10-2-1-9(14(23)24)19-13(10)22/h1-2,5,7-8H,3-4,6H2,(H,23,24)(H,17,18,20,25)/t8-/m0/s1.